The van der Waals surface area contributed by atoms with Crippen molar-refractivity contribution < 1.29 is 13.2 Å². The van der Waals surface area contributed by atoms with Crippen molar-refractivity contribution in [1.82, 2.24) is 14.9 Å². The second kappa shape index (κ2) is 7.49. The predicted octanol–water partition coefficient (Wildman–Crippen LogP) is 0.839. The van der Waals surface area contributed by atoms with Gasteiger partial charge in [0.2, 0.25) is 15.9 Å². The van der Waals surface area contributed by atoms with E-state index in [0.29, 0.717) is 26.1 Å². The Bertz CT molecular complexity index is 511. The van der Waals surface area contributed by atoms with E-state index >= 15 is 0 Å². The number of amides is 1. The van der Waals surface area contributed by atoms with Crippen molar-refractivity contribution in [3.05, 3.63) is 0 Å². The molecule has 0 aromatic carbocycles. The van der Waals surface area contributed by atoms with Crippen molar-refractivity contribution in [2.24, 2.45) is 5.92 Å². The highest BCUT2D eigenvalue weighted by atomic mass is 32.2. The van der Waals surface area contributed by atoms with Crippen molar-refractivity contribution in [2.45, 2.75) is 62.7 Å². The molecule has 0 radical (unpaired) electrons. The van der Waals surface area contributed by atoms with Crippen molar-refractivity contribution in [1.29, 1.82) is 0 Å². The van der Waals surface area contributed by atoms with Crippen LogP contribution in [0.3, 0.4) is 0 Å². The maximum absolute atomic E-state index is 12.7. The molecule has 1 aliphatic carbocycles. The van der Waals surface area contributed by atoms with E-state index in [1.165, 1.54) is 0 Å². The summed E-state index contributed by atoms with van der Waals surface area (Å²) in [4.78, 5) is 14.4. The fourth-order valence-electron chi connectivity index (χ4n) is 4.10. The lowest BCUT2D eigenvalue weighted by atomic mass is 10.0. The van der Waals surface area contributed by atoms with Gasteiger partial charge in [-0.15, -0.1) is 0 Å². The van der Waals surface area contributed by atoms with Gasteiger partial charge in [-0.05, 0) is 45.1 Å². The summed E-state index contributed by atoms with van der Waals surface area (Å²) in [5, 5.41) is 2.78. The first-order valence-corrected chi connectivity index (χ1v) is 10.6. The molecule has 0 aromatic heterocycles. The number of hydrogen-bond acceptors (Lipinski definition) is 4. The average molecular weight is 343 g/mol. The third-order valence-electron chi connectivity index (χ3n) is 5.46. The molecule has 1 saturated carbocycles. The highest BCUT2D eigenvalue weighted by molar-refractivity contribution is 7.90. The summed E-state index contributed by atoms with van der Waals surface area (Å²) < 4.78 is 28.2. The van der Waals surface area contributed by atoms with Gasteiger partial charge in [-0.25, -0.2) is 13.1 Å². The molecule has 6 nitrogen and oxygen atoms in total. The first-order valence-electron chi connectivity index (χ1n) is 9.07. The van der Waals surface area contributed by atoms with Gasteiger partial charge in [0.05, 0.1) is 5.25 Å². The zero-order chi connectivity index (χ0) is 16.3. The molecule has 2 N–H and O–H groups in total. The fourth-order valence-corrected chi connectivity index (χ4v) is 5.81. The van der Waals surface area contributed by atoms with Gasteiger partial charge < -0.3 is 10.2 Å². The zero-order valence-corrected chi connectivity index (χ0v) is 14.6. The fraction of sp³-hybridized carbons (Fsp3) is 0.938. The molecule has 3 aliphatic rings. The Morgan fingerprint density at radius 3 is 2.52 bits per heavy atom. The molecule has 2 saturated heterocycles. The normalized spacial score (nSPS) is 30.5. The summed E-state index contributed by atoms with van der Waals surface area (Å²) >= 11 is 0. The van der Waals surface area contributed by atoms with E-state index in [0.717, 1.165) is 51.5 Å². The number of piperidine rings is 2. The van der Waals surface area contributed by atoms with E-state index in [-0.39, 0.29) is 17.9 Å². The Morgan fingerprint density at radius 1 is 1.04 bits per heavy atom. The maximum Gasteiger partial charge on any atom is 0.225 e. The summed E-state index contributed by atoms with van der Waals surface area (Å²) in [7, 11) is -3.36. The SMILES string of the molecule is O=C(C1CCCC1)N1CCCC(S(=O)(=O)NC2CCCNC2)C1. The standard InChI is InChI=1S/C16H29N3O3S/c20-16(13-5-1-2-6-13)19-10-4-8-15(12-19)23(21,22)18-14-7-3-9-17-11-14/h13-15,17-18H,1-12H2. The molecule has 2 heterocycles. The first kappa shape index (κ1) is 17.2. The third-order valence-corrected chi connectivity index (χ3v) is 7.39. The molecular weight excluding hydrogens is 314 g/mol. The van der Waals surface area contributed by atoms with Gasteiger partial charge in [0.15, 0.2) is 0 Å². The monoisotopic (exact) mass is 343 g/mol. The Hall–Kier alpha value is -0.660. The minimum absolute atomic E-state index is 0.00494. The Balaban J connectivity index is 1.59. The quantitative estimate of drug-likeness (QED) is 0.793. The molecule has 23 heavy (non-hydrogen) atoms. The van der Waals surface area contributed by atoms with Crippen molar-refractivity contribution in [3.8, 4) is 0 Å². The smallest absolute Gasteiger partial charge is 0.225 e. The van der Waals surface area contributed by atoms with Crippen LogP contribution < -0.4 is 10.0 Å². The van der Waals surface area contributed by atoms with Crippen LogP contribution in [-0.2, 0) is 14.8 Å². The van der Waals surface area contributed by atoms with Crippen LogP contribution in [-0.4, -0.2) is 56.7 Å². The lowest BCUT2D eigenvalue weighted by molar-refractivity contribution is -0.136. The summed E-state index contributed by atoms with van der Waals surface area (Å²) in [6.45, 7) is 2.75. The minimum atomic E-state index is -3.36. The van der Waals surface area contributed by atoms with Crippen LogP contribution in [0.4, 0.5) is 0 Å². The van der Waals surface area contributed by atoms with Gasteiger partial charge in [0.25, 0.3) is 0 Å². The second-order valence-electron chi connectivity index (χ2n) is 7.24. The summed E-state index contributed by atoms with van der Waals surface area (Å²) in [6, 6.07) is -0.00494. The molecule has 132 valence electrons. The Kier molecular flexibility index (Phi) is 5.59. The van der Waals surface area contributed by atoms with E-state index in [1.54, 1.807) is 0 Å². The number of carbonyl (C=O) groups excluding carboxylic acids is 1. The van der Waals surface area contributed by atoms with Crippen molar-refractivity contribution >= 4 is 15.9 Å². The highest BCUT2D eigenvalue weighted by Gasteiger charge is 2.36. The third kappa shape index (κ3) is 4.25. The zero-order valence-electron chi connectivity index (χ0n) is 13.8. The number of rotatable bonds is 4. The lowest BCUT2D eigenvalue weighted by Crippen LogP contribution is -2.53. The molecular formula is C16H29N3O3S. The highest BCUT2D eigenvalue weighted by Crippen LogP contribution is 2.28. The van der Waals surface area contributed by atoms with Crippen molar-refractivity contribution in [3.63, 3.8) is 0 Å². The van der Waals surface area contributed by atoms with Crippen LogP contribution in [0, 0.1) is 5.92 Å². The molecule has 1 amide bonds. The Morgan fingerprint density at radius 2 is 1.83 bits per heavy atom. The number of hydrogen-bond donors (Lipinski definition) is 2. The van der Waals surface area contributed by atoms with Crippen LogP contribution in [0.1, 0.15) is 51.4 Å². The van der Waals surface area contributed by atoms with Gasteiger partial charge in [-0.1, -0.05) is 12.8 Å². The topological polar surface area (TPSA) is 78.5 Å². The second-order valence-corrected chi connectivity index (χ2v) is 9.23. The number of sulfonamides is 1. The maximum atomic E-state index is 12.7. The number of nitrogens with one attached hydrogen (secondary N) is 2. The molecule has 7 heteroatoms. The van der Waals surface area contributed by atoms with Crippen LogP contribution in [0.25, 0.3) is 0 Å². The van der Waals surface area contributed by atoms with Crippen molar-refractivity contribution in [2.75, 3.05) is 26.2 Å². The predicted molar refractivity (Wildman–Crippen MR) is 89.5 cm³/mol. The van der Waals surface area contributed by atoms with Crippen LogP contribution in [0.2, 0.25) is 0 Å². The summed E-state index contributed by atoms with van der Waals surface area (Å²) in [5.74, 6) is 0.314. The van der Waals surface area contributed by atoms with Gasteiger partial charge in [0, 0.05) is 31.6 Å². The van der Waals surface area contributed by atoms with E-state index < -0.39 is 15.3 Å². The van der Waals surface area contributed by atoms with Crippen LogP contribution >= 0.6 is 0 Å². The minimum Gasteiger partial charge on any atom is -0.341 e. The van der Waals surface area contributed by atoms with Gasteiger partial charge in [-0.2, -0.15) is 0 Å². The van der Waals surface area contributed by atoms with Gasteiger partial charge >= 0.3 is 0 Å². The summed E-state index contributed by atoms with van der Waals surface area (Å²) in [5.41, 5.74) is 0. The largest absolute Gasteiger partial charge is 0.341 e. The van der Waals surface area contributed by atoms with Crippen LogP contribution in [0.5, 0.6) is 0 Å². The molecule has 0 aromatic rings. The molecule has 2 unspecified atom stereocenters. The molecule has 0 bridgehead atoms. The molecule has 3 fully saturated rings. The summed E-state index contributed by atoms with van der Waals surface area (Å²) in [6.07, 6.45) is 7.53. The van der Waals surface area contributed by atoms with E-state index in [9.17, 15) is 13.2 Å². The average Bonchev–Trinajstić information content (AvgIpc) is 3.09. The van der Waals surface area contributed by atoms with Gasteiger partial charge in [0.1, 0.15) is 0 Å². The number of carbonyl (C=O) groups is 1. The first-order chi connectivity index (χ1) is 11.1. The molecule has 2 aliphatic heterocycles. The molecule has 3 rings (SSSR count). The molecule has 0 spiro atoms. The number of nitrogens with zero attached hydrogens (tertiary/aromatic N) is 1. The van der Waals surface area contributed by atoms with E-state index in [2.05, 4.69) is 10.0 Å². The lowest BCUT2D eigenvalue weighted by Gasteiger charge is -2.35. The van der Waals surface area contributed by atoms with Gasteiger partial charge in [-0.3, -0.25) is 4.79 Å². The molecule has 2 atom stereocenters. The van der Waals surface area contributed by atoms with E-state index in [1.807, 2.05) is 4.90 Å². The van der Waals surface area contributed by atoms with Crippen LogP contribution in [0.15, 0.2) is 0 Å². The Labute approximate surface area is 139 Å². The van der Waals surface area contributed by atoms with E-state index in [4.69, 9.17) is 0 Å². The number of likely N-dealkylation sites (tertiary alicyclic amines) is 1.